The number of nitrogens with zero attached hydrogens (tertiary/aromatic N) is 2. The number of nitrogens with one attached hydrogen (secondary N) is 1. The summed E-state index contributed by atoms with van der Waals surface area (Å²) in [6.07, 6.45) is -1.21. The molecule has 1 amide bonds. The Kier molecular flexibility index (Phi) is 8.54. The third-order valence-electron chi connectivity index (χ3n) is 5.92. The molecule has 37 heavy (non-hydrogen) atoms. The number of aliphatic carboxylic acids is 1. The number of methoxy groups -OCH3 is 1. The quantitative estimate of drug-likeness (QED) is 0.374. The lowest BCUT2D eigenvalue weighted by Gasteiger charge is -2.25. The van der Waals surface area contributed by atoms with Crippen molar-refractivity contribution in [3.8, 4) is 17.3 Å². The van der Waals surface area contributed by atoms with Crippen LogP contribution in [0.2, 0.25) is 0 Å². The molecule has 0 aliphatic carbocycles. The third kappa shape index (κ3) is 6.85. The van der Waals surface area contributed by atoms with E-state index in [1.54, 1.807) is 31.2 Å². The number of rotatable bonds is 10. The lowest BCUT2D eigenvalue weighted by molar-refractivity contribution is -0.137. The van der Waals surface area contributed by atoms with Crippen molar-refractivity contribution < 1.29 is 33.7 Å². The topological polar surface area (TPSA) is 123 Å². The summed E-state index contributed by atoms with van der Waals surface area (Å²) >= 11 is 0. The second-order valence-electron chi connectivity index (χ2n) is 9.77. The van der Waals surface area contributed by atoms with E-state index in [2.05, 4.69) is 10.4 Å². The number of hydrogen-bond acceptors (Lipinski definition) is 6. The molecular formula is C27H32FN3O6. The van der Waals surface area contributed by atoms with E-state index in [1.165, 1.54) is 31.4 Å². The first-order valence-electron chi connectivity index (χ1n) is 11.7. The minimum atomic E-state index is -1.10. The van der Waals surface area contributed by atoms with Crippen LogP contribution in [0.15, 0.2) is 48.5 Å². The first-order chi connectivity index (χ1) is 17.4. The second kappa shape index (κ2) is 11.4. The number of carbonyl (C=O) groups is 2. The molecule has 0 unspecified atom stereocenters. The van der Waals surface area contributed by atoms with Gasteiger partial charge in [0.15, 0.2) is 5.69 Å². The summed E-state index contributed by atoms with van der Waals surface area (Å²) in [6, 6.07) is 11.5. The predicted molar refractivity (Wildman–Crippen MR) is 135 cm³/mol. The van der Waals surface area contributed by atoms with Crippen molar-refractivity contribution in [2.75, 3.05) is 13.7 Å². The maximum absolute atomic E-state index is 14.6. The van der Waals surface area contributed by atoms with Gasteiger partial charge in [-0.3, -0.25) is 9.59 Å². The van der Waals surface area contributed by atoms with E-state index in [9.17, 15) is 24.2 Å². The number of para-hydroxylation sites is 1. The Labute approximate surface area is 214 Å². The van der Waals surface area contributed by atoms with Gasteiger partial charge in [-0.05, 0) is 47.7 Å². The highest BCUT2D eigenvalue weighted by Gasteiger charge is 2.26. The molecule has 1 aromatic heterocycles. The highest BCUT2D eigenvalue weighted by atomic mass is 19.1. The van der Waals surface area contributed by atoms with Crippen molar-refractivity contribution in [1.29, 1.82) is 0 Å². The van der Waals surface area contributed by atoms with E-state index >= 15 is 0 Å². The number of carboxylic acid groups (broad SMARTS) is 1. The Morgan fingerprint density at radius 2 is 1.86 bits per heavy atom. The molecule has 3 N–H and O–H groups in total. The van der Waals surface area contributed by atoms with Crippen LogP contribution < -0.4 is 14.8 Å². The number of benzene rings is 2. The van der Waals surface area contributed by atoms with Gasteiger partial charge < -0.3 is 25.0 Å². The van der Waals surface area contributed by atoms with Crippen molar-refractivity contribution in [2.45, 2.75) is 46.3 Å². The summed E-state index contributed by atoms with van der Waals surface area (Å²) in [5.41, 5.74) is 0.821. The Bertz CT molecular complexity index is 1270. The van der Waals surface area contributed by atoms with E-state index < -0.39 is 35.3 Å². The van der Waals surface area contributed by atoms with Crippen LogP contribution in [0.1, 0.15) is 54.8 Å². The molecule has 0 spiro atoms. The normalized spacial score (nSPS) is 13.1. The summed E-state index contributed by atoms with van der Waals surface area (Å²) < 4.78 is 26.7. The van der Waals surface area contributed by atoms with Crippen LogP contribution in [0.5, 0.6) is 11.6 Å². The van der Waals surface area contributed by atoms with Gasteiger partial charge in [-0.1, -0.05) is 39.0 Å². The van der Waals surface area contributed by atoms with Gasteiger partial charge in [-0.2, -0.15) is 9.78 Å². The zero-order valence-corrected chi connectivity index (χ0v) is 21.5. The number of halogens is 1. The number of amides is 1. The van der Waals surface area contributed by atoms with Gasteiger partial charge in [-0.25, -0.2) is 4.39 Å². The van der Waals surface area contributed by atoms with Crippen LogP contribution in [-0.2, 0) is 4.79 Å². The average Bonchev–Trinajstić information content (AvgIpc) is 3.25. The van der Waals surface area contributed by atoms with Crippen molar-refractivity contribution in [3.05, 3.63) is 71.2 Å². The lowest BCUT2D eigenvalue weighted by atomic mass is 9.90. The number of hydrogen-bond donors (Lipinski definition) is 3. The molecule has 0 aliphatic rings. The maximum atomic E-state index is 14.6. The zero-order chi connectivity index (χ0) is 27.3. The third-order valence-corrected chi connectivity index (χ3v) is 5.92. The molecule has 0 radical (unpaired) electrons. The lowest BCUT2D eigenvalue weighted by Crippen LogP contribution is -2.32. The minimum Gasteiger partial charge on any atom is -0.497 e. The number of carboxylic acids is 1. The smallest absolute Gasteiger partial charge is 0.305 e. The molecule has 2 aromatic carbocycles. The number of ether oxygens (including phenoxy) is 2. The molecule has 0 bridgehead atoms. The van der Waals surface area contributed by atoms with Crippen LogP contribution in [0.4, 0.5) is 4.39 Å². The fourth-order valence-corrected chi connectivity index (χ4v) is 3.60. The standard InChI is InChI=1S/C27H32FN3O6/c1-16-12-17(36-5)10-11-18(16)20(14-25(33)34)29-26(35)21-13-24(37-15-23(32)27(2,3)4)31(30-21)22-9-7-6-8-19(22)28/h6-13,20,23,32H,14-15H2,1-5H3,(H,29,35)(H,33,34)/t20-,23+/m0/s1. The average molecular weight is 514 g/mol. The van der Waals surface area contributed by atoms with Crippen LogP contribution in [0, 0.1) is 18.2 Å². The molecule has 2 atom stereocenters. The van der Waals surface area contributed by atoms with Gasteiger partial charge in [-0.15, -0.1) is 0 Å². The first-order valence-corrected chi connectivity index (χ1v) is 11.7. The Morgan fingerprint density at radius 3 is 2.46 bits per heavy atom. The van der Waals surface area contributed by atoms with E-state index in [4.69, 9.17) is 9.47 Å². The van der Waals surface area contributed by atoms with Crippen molar-refractivity contribution in [3.63, 3.8) is 0 Å². The molecule has 0 saturated heterocycles. The summed E-state index contributed by atoms with van der Waals surface area (Å²) in [7, 11) is 1.52. The Morgan fingerprint density at radius 1 is 1.16 bits per heavy atom. The fraction of sp³-hybridized carbons (Fsp3) is 0.370. The fourth-order valence-electron chi connectivity index (χ4n) is 3.60. The number of aromatic nitrogens is 2. The molecule has 10 heteroatoms. The van der Waals surface area contributed by atoms with Crippen LogP contribution in [0.3, 0.4) is 0 Å². The molecule has 198 valence electrons. The summed E-state index contributed by atoms with van der Waals surface area (Å²) in [5.74, 6) is -1.70. The summed E-state index contributed by atoms with van der Waals surface area (Å²) in [5, 5.41) is 26.8. The zero-order valence-electron chi connectivity index (χ0n) is 21.5. The van der Waals surface area contributed by atoms with Crippen LogP contribution in [0.25, 0.3) is 5.69 Å². The molecule has 9 nitrogen and oxygen atoms in total. The minimum absolute atomic E-state index is 0.0500. The molecule has 0 aliphatic heterocycles. The number of aliphatic hydroxyl groups excluding tert-OH is 1. The second-order valence-corrected chi connectivity index (χ2v) is 9.77. The van der Waals surface area contributed by atoms with E-state index in [0.717, 1.165) is 10.2 Å². The highest BCUT2D eigenvalue weighted by molar-refractivity contribution is 5.93. The number of carbonyl (C=O) groups excluding carboxylic acids is 1. The van der Waals surface area contributed by atoms with Gasteiger partial charge in [0.05, 0.1) is 25.7 Å². The summed E-state index contributed by atoms with van der Waals surface area (Å²) in [4.78, 5) is 24.8. The van der Waals surface area contributed by atoms with Crippen LogP contribution in [-0.4, -0.2) is 51.7 Å². The van der Waals surface area contributed by atoms with Crippen molar-refractivity contribution in [2.24, 2.45) is 5.41 Å². The highest BCUT2D eigenvalue weighted by Crippen LogP contribution is 2.27. The van der Waals surface area contributed by atoms with Gasteiger partial charge in [0.2, 0.25) is 5.88 Å². The molecule has 3 rings (SSSR count). The molecule has 0 saturated carbocycles. The Balaban J connectivity index is 1.95. The first kappa shape index (κ1) is 27.7. The maximum Gasteiger partial charge on any atom is 0.305 e. The van der Waals surface area contributed by atoms with Gasteiger partial charge in [0.1, 0.15) is 23.9 Å². The SMILES string of the molecule is COc1ccc([C@H](CC(=O)O)NC(=O)c2cc(OC[C@@H](O)C(C)(C)C)n(-c3ccccc3F)n2)c(C)c1. The molecule has 3 aromatic rings. The number of aryl methyl sites for hydroxylation is 1. The van der Waals surface area contributed by atoms with E-state index in [-0.39, 0.29) is 30.3 Å². The largest absolute Gasteiger partial charge is 0.497 e. The van der Waals surface area contributed by atoms with Crippen LogP contribution >= 0.6 is 0 Å². The number of aliphatic hydroxyl groups is 1. The predicted octanol–water partition coefficient (Wildman–Crippen LogP) is 4.06. The Hall–Kier alpha value is -3.92. The van der Waals surface area contributed by atoms with Gasteiger partial charge in [0.25, 0.3) is 5.91 Å². The monoisotopic (exact) mass is 513 g/mol. The van der Waals surface area contributed by atoms with Gasteiger partial charge in [0, 0.05) is 6.07 Å². The van der Waals surface area contributed by atoms with Crippen molar-refractivity contribution >= 4 is 11.9 Å². The van der Waals surface area contributed by atoms with Crippen molar-refractivity contribution in [1.82, 2.24) is 15.1 Å². The van der Waals surface area contributed by atoms with E-state index in [1.807, 2.05) is 20.8 Å². The molecule has 0 fully saturated rings. The molecule has 1 heterocycles. The van der Waals surface area contributed by atoms with E-state index in [0.29, 0.717) is 11.3 Å². The molecular weight excluding hydrogens is 481 g/mol. The van der Waals surface area contributed by atoms with Gasteiger partial charge >= 0.3 is 5.97 Å². The summed E-state index contributed by atoms with van der Waals surface area (Å²) in [6.45, 7) is 7.21.